The summed E-state index contributed by atoms with van der Waals surface area (Å²) in [4.78, 5) is 33.0. The molecular formula is C12H9F5N2O5. The molecular weight excluding hydrogens is 347 g/mol. The molecule has 0 saturated heterocycles. The number of nitrogens with zero attached hydrogens (tertiary/aromatic N) is 1. The van der Waals surface area contributed by atoms with Crippen molar-refractivity contribution in [3.63, 3.8) is 0 Å². The zero-order valence-corrected chi connectivity index (χ0v) is 11.5. The Bertz CT molecular complexity index is 667. The number of hydrogen-bond donors (Lipinski definition) is 3. The monoisotopic (exact) mass is 356 g/mol. The summed E-state index contributed by atoms with van der Waals surface area (Å²) >= 11 is 0. The van der Waals surface area contributed by atoms with Crippen molar-refractivity contribution in [3.8, 4) is 0 Å². The van der Waals surface area contributed by atoms with Crippen LogP contribution in [0.25, 0.3) is 0 Å². The molecule has 0 spiro atoms. The van der Waals surface area contributed by atoms with E-state index in [9.17, 15) is 36.3 Å². The standard InChI is InChI=1S/C12H9F5N2O5/c13-6-5(7(14)9(16)10(17)8(6)15)11(12(18)24)19(1-3(20)21)2-4(22)23/h11H,1-2H2,(H2,18,24)(H,20,21)(H,22,23). The lowest BCUT2D eigenvalue weighted by Gasteiger charge is -2.27. The van der Waals surface area contributed by atoms with Crippen LogP contribution >= 0.6 is 0 Å². The Morgan fingerprint density at radius 3 is 1.46 bits per heavy atom. The summed E-state index contributed by atoms with van der Waals surface area (Å²) in [6.07, 6.45) is 0. The Morgan fingerprint density at radius 1 is 0.833 bits per heavy atom. The molecule has 132 valence electrons. The van der Waals surface area contributed by atoms with E-state index < -0.39 is 71.6 Å². The number of halogens is 5. The summed E-state index contributed by atoms with van der Waals surface area (Å²) in [5.74, 6) is -17.3. The van der Waals surface area contributed by atoms with Crippen LogP contribution in [-0.2, 0) is 14.4 Å². The van der Waals surface area contributed by atoms with Gasteiger partial charge >= 0.3 is 11.9 Å². The molecule has 1 amide bonds. The number of carbonyl (C=O) groups excluding carboxylic acids is 1. The fraction of sp³-hybridized carbons (Fsp3) is 0.250. The Hall–Kier alpha value is -2.76. The number of amides is 1. The Balaban J connectivity index is 3.63. The number of carboxylic acids is 2. The van der Waals surface area contributed by atoms with E-state index in [2.05, 4.69) is 0 Å². The van der Waals surface area contributed by atoms with Crippen molar-refractivity contribution in [1.29, 1.82) is 0 Å². The maximum atomic E-state index is 13.8. The molecule has 0 aromatic heterocycles. The van der Waals surface area contributed by atoms with Crippen molar-refractivity contribution in [1.82, 2.24) is 4.90 Å². The lowest BCUT2D eigenvalue weighted by atomic mass is 10.0. The van der Waals surface area contributed by atoms with E-state index >= 15 is 0 Å². The molecule has 0 bridgehead atoms. The van der Waals surface area contributed by atoms with Gasteiger partial charge in [-0.05, 0) is 0 Å². The first-order valence-electron chi connectivity index (χ1n) is 5.97. The summed E-state index contributed by atoms with van der Waals surface area (Å²) in [6.45, 7) is -2.53. The van der Waals surface area contributed by atoms with E-state index in [1.54, 1.807) is 0 Å². The molecule has 0 aliphatic rings. The van der Waals surface area contributed by atoms with Gasteiger partial charge in [0.15, 0.2) is 23.3 Å². The second-order valence-electron chi connectivity index (χ2n) is 4.48. The number of nitrogens with two attached hydrogens (primary N) is 1. The van der Waals surface area contributed by atoms with Crippen molar-refractivity contribution in [2.75, 3.05) is 13.1 Å². The van der Waals surface area contributed by atoms with Crippen LogP contribution in [0.1, 0.15) is 11.6 Å². The van der Waals surface area contributed by atoms with Gasteiger partial charge in [-0.15, -0.1) is 0 Å². The molecule has 1 aromatic rings. The van der Waals surface area contributed by atoms with E-state index in [1.807, 2.05) is 0 Å². The van der Waals surface area contributed by atoms with E-state index in [-0.39, 0.29) is 4.90 Å². The summed E-state index contributed by atoms with van der Waals surface area (Å²) in [5.41, 5.74) is 3.12. The summed E-state index contributed by atoms with van der Waals surface area (Å²) in [7, 11) is 0. The van der Waals surface area contributed by atoms with E-state index in [0.717, 1.165) is 0 Å². The van der Waals surface area contributed by atoms with Gasteiger partial charge in [-0.25, -0.2) is 22.0 Å². The van der Waals surface area contributed by atoms with Gasteiger partial charge in [-0.1, -0.05) is 0 Å². The van der Waals surface area contributed by atoms with E-state index in [4.69, 9.17) is 15.9 Å². The molecule has 0 fully saturated rings. The lowest BCUT2D eigenvalue weighted by Crippen LogP contribution is -2.44. The largest absolute Gasteiger partial charge is 0.480 e. The molecule has 0 heterocycles. The van der Waals surface area contributed by atoms with Gasteiger partial charge in [0.05, 0.1) is 18.7 Å². The van der Waals surface area contributed by atoms with Crippen LogP contribution in [0.2, 0.25) is 0 Å². The lowest BCUT2D eigenvalue weighted by molar-refractivity contribution is -0.144. The summed E-state index contributed by atoms with van der Waals surface area (Å²) in [6, 6.07) is -2.51. The second kappa shape index (κ2) is 7.21. The molecule has 1 aromatic carbocycles. The molecule has 4 N–H and O–H groups in total. The Morgan fingerprint density at radius 2 is 1.17 bits per heavy atom. The molecule has 1 atom stereocenters. The van der Waals surface area contributed by atoms with Gasteiger partial charge in [-0.2, -0.15) is 0 Å². The molecule has 0 saturated carbocycles. The van der Waals surface area contributed by atoms with Crippen LogP contribution in [0.5, 0.6) is 0 Å². The van der Waals surface area contributed by atoms with Gasteiger partial charge in [-0.3, -0.25) is 19.3 Å². The highest BCUT2D eigenvalue weighted by atomic mass is 19.2. The number of rotatable bonds is 7. The third-order valence-corrected chi connectivity index (χ3v) is 2.83. The van der Waals surface area contributed by atoms with Gasteiger partial charge in [0.25, 0.3) is 0 Å². The zero-order chi connectivity index (χ0) is 18.8. The van der Waals surface area contributed by atoms with Crippen molar-refractivity contribution in [2.24, 2.45) is 5.73 Å². The molecule has 0 aliphatic heterocycles. The predicted octanol–water partition coefficient (Wildman–Crippen LogP) is 0.380. The Labute approximate surface area is 130 Å². The normalized spacial score (nSPS) is 12.2. The zero-order valence-electron chi connectivity index (χ0n) is 11.5. The van der Waals surface area contributed by atoms with Crippen molar-refractivity contribution < 1.29 is 46.5 Å². The maximum Gasteiger partial charge on any atom is 0.317 e. The Kier molecular flexibility index (Phi) is 5.79. The van der Waals surface area contributed by atoms with Gasteiger partial charge in [0.1, 0.15) is 6.04 Å². The highest BCUT2D eigenvalue weighted by Crippen LogP contribution is 2.31. The van der Waals surface area contributed by atoms with Crippen molar-refractivity contribution in [3.05, 3.63) is 34.6 Å². The van der Waals surface area contributed by atoms with Gasteiger partial charge < -0.3 is 15.9 Å². The number of carboxylic acid groups (broad SMARTS) is 2. The fourth-order valence-electron chi connectivity index (χ4n) is 1.95. The molecule has 1 unspecified atom stereocenters. The SMILES string of the molecule is NC(=O)C(c1c(F)c(F)c(F)c(F)c1F)N(CC(=O)O)CC(=O)O. The molecule has 1 rings (SSSR count). The van der Waals surface area contributed by atoms with Crippen molar-refractivity contribution >= 4 is 17.8 Å². The minimum atomic E-state index is -2.51. The smallest absolute Gasteiger partial charge is 0.317 e. The van der Waals surface area contributed by atoms with E-state index in [1.165, 1.54) is 0 Å². The first-order chi connectivity index (χ1) is 11.0. The molecule has 12 heteroatoms. The van der Waals surface area contributed by atoms with Gasteiger partial charge in [0, 0.05) is 0 Å². The fourth-order valence-corrected chi connectivity index (χ4v) is 1.95. The number of hydrogen-bond acceptors (Lipinski definition) is 4. The third kappa shape index (κ3) is 3.76. The first-order valence-corrected chi connectivity index (χ1v) is 5.97. The predicted molar refractivity (Wildman–Crippen MR) is 65.0 cm³/mol. The number of primary amides is 1. The molecule has 0 aliphatic carbocycles. The average Bonchev–Trinajstić information content (AvgIpc) is 2.45. The number of benzene rings is 1. The molecule has 7 nitrogen and oxygen atoms in total. The molecule has 24 heavy (non-hydrogen) atoms. The summed E-state index contributed by atoms with van der Waals surface area (Å²) in [5, 5.41) is 17.4. The number of aliphatic carboxylic acids is 2. The molecule has 0 radical (unpaired) electrons. The van der Waals surface area contributed by atoms with Crippen molar-refractivity contribution in [2.45, 2.75) is 6.04 Å². The topological polar surface area (TPSA) is 121 Å². The minimum absolute atomic E-state index is 0.144. The number of carbonyl (C=O) groups is 3. The highest BCUT2D eigenvalue weighted by Gasteiger charge is 2.37. The highest BCUT2D eigenvalue weighted by molar-refractivity contribution is 5.83. The van der Waals surface area contributed by atoms with Crippen LogP contribution in [-0.4, -0.2) is 46.0 Å². The average molecular weight is 356 g/mol. The van der Waals surface area contributed by atoms with Gasteiger partial charge in [0.2, 0.25) is 11.7 Å². The quantitative estimate of drug-likeness (QED) is 0.369. The minimum Gasteiger partial charge on any atom is -0.480 e. The summed E-state index contributed by atoms with van der Waals surface area (Å²) < 4.78 is 67.1. The third-order valence-electron chi connectivity index (χ3n) is 2.83. The van der Waals surface area contributed by atoms with Crippen LogP contribution < -0.4 is 5.73 Å². The maximum absolute atomic E-state index is 13.8. The van der Waals surface area contributed by atoms with E-state index in [0.29, 0.717) is 0 Å². The second-order valence-corrected chi connectivity index (χ2v) is 4.48. The van der Waals surface area contributed by atoms with Crippen LogP contribution in [0.3, 0.4) is 0 Å². The van der Waals surface area contributed by atoms with Crippen LogP contribution in [0.15, 0.2) is 0 Å². The van der Waals surface area contributed by atoms with Crippen LogP contribution in [0.4, 0.5) is 22.0 Å². The van der Waals surface area contributed by atoms with Crippen LogP contribution in [0, 0.1) is 29.1 Å². The first kappa shape index (κ1) is 19.3.